The summed E-state index contributed by atoms with van der Waals surface area (Å²) >= 11 is 0. The third-order valence-corrected chi connectivity index (χ3v) is 6.49. The minimum atomic E-state index is -3.42. The van der Waals surface area contributed by atoms with Gasteiger partial charge in [-0.1, -0.05) is 18.2 Å². The van der Waals surface area contributed by atoms with Crippen LogP contribution in [0.1, 0.15) is 29.9 Å². The lowest BCUT2D eigenvalue weighted by molar-refractivity contribution is -0.142. The fraction of sp³-hybridized carbons (Fsp3) is 0.435. The lowest BCUT2D eigenvalue weighted by Crippen LogP contribution is -2.47. The lowest BCUT2D eigenvalue weighted by Gasteiger charge is -2.37. The highest BCUT2D eigenvalue weighted by atomic mass is 32.2. The predicted molar refractivity (Wildman–Crippen MR) is 122 cm³/mol. The third kappa shape index (κ3) is 5.40. The van der Waals surface area contributed by atoms with Crippen molar-refractivity contribution in [3.63, 3.8) is 0 Å². The summed E-state index contributed by atoms with van der Waals surface area (Å²) in [5.41, 5.74) is 2.16. The Morgan fingerprint density at radius 3 is 2.76 bits per heavy atom. The number of fused-ring (bicyclic) bond motifs is 3. The van der Waals surface area contributed by atoms with Gasteiger partial charge in [0.25, 0.3) is 0 Å². The molecule has 1 fully saturated rings. The minimum Gasteiger partial charge on any atom is -0.496 e. The molecule has 1 amide bonds. The molecule has 4 atom stereocenters. The van der Waals surface area contributed by atoms with Crippen molar-refractivity contribution in [2.45, 2.75) is 43.6 Å². The number of hydrogen-bond acceptors (Lipinski definition) is 7. The molecule has 3 N–H and O–H groups in total. The third-order valence-electron chi connectivity index (χ3n) is 5.88. The number of aliphatic hydroxyl groups excluding tert-OH is 1. The number of anilines is 1. The van der Waals surface area contributed by atoms with Gasteiger partial charge in [-0.3, -0.25) is 9.52 Å². The van der Waals surface area contributed by atoms with Crippen LogP contribution in [0.5, 0.6) is 11.5 Å². The summed E-state index contributed by atoms with van der Waals surface area (Å²) in [6, 6.07) is 12.6. The van der Waals surface area contributed by atoms with Crippen LogP contribution in [0.15, 0.2) is 42.5 Å². The normalized spacial score (nSPS) is 23.7. The first-order valence-electron chi connectivity index (χ1n) is 10.7. The van der Waals surface area contributed by atoms with Crippen LogP contribution >= 0.6 is 0 Å². The summed E-state index contributed by atoms with van der Waals surface area (Å²) in [5, 5.41) is 12.8. The van der Waals surface area contributed by atoms with Crippen LogP contribution in [-0.4, -0.2) is 57.7 Å². The summed E-state index contributed by atoms with van der Waals surface area (Å²) in [7, 11) is -1.83. The number of nitrogens with one attached hydrogen (secondary N) is 2. The first-order valence-corrected chi connectivity index (χ1v) is 12.6. The van der Waals surface area contributed by atoms with E-state index in [1.54, 1.807) is 25.3 Å². The highest BCUT2D eigenvalue weighted by molar-refractivity contribution is 7.92. The van der Waals surface area contributed by atoms with Gasteiger partial charge >= 0.3 is 0 Å². The highest BCUT2D eigenvalue weighted by Gasteiger charge is 2.46. The maximum absolute atomic E-state index is 12.6. The molecular weight excluding hydrogens is 448 g/mol. The molecule has 33 heavy (non-hydrogen) atoms. The van der Waals surface area contributed by atoms with E-state index in [-0.39, 0.29) is 24.9 Å². The number of ether oxygens (including phenoxy) is 3. The molecular formula is C23H28N2O7S. The van der Waals surface area contributed by atoms with Crippen LogP contribution in [0.25, 0.3) is 0 Å². The number of benzene rings is 2. The SMILES string of the molecule is COc1ccccc1CNC(=O)C[C@H]1C[C@H]2c3cc(NS(C)(=O)=O)ccc3O[C@H]2[C@H](CO)O1. The number of para-hydroxylation sites is 1. The zero-order valence-electron chi connectivity index (χ0n) is 18.5. The fourth-order valence-corrected chi connectivity index (χ4v) is 5.04. The summed E-state index contributed by atoms with van der Waals surface area (Å²) in [4.78, 5) is 12.6. The minimum absolute atomic E-state index is 0.126. The smallest absolute Gasteiger partial charge is 0.229 e. The number of methoxy groups -OCH3 is 1. The van der Waals surface area contributed by atoms with Crippen LogP contribution in [0, 0.1) is 0 Å². The molecule has 0 aromatic heterocycles. The van der Waals surface area contributed by atoms with Crippen molar-refractivity contribution >= 4 is 21.6 Å². The second-order valence-corrected chi connectivity index (χ2v) is 10.1. The molecule has 10 heteroatoms. The molecule has 0 spiro atoms. The molecule has 178 valence electrons. The van der Waals surface area contributed by atoms with Crippen molar-refractivity contribution in [2.75, 3.05) is 24.7 Å². The summed E-state index contributed by atoms with van der Waals surface area (Å²) < 4.78 is 43.0. The fourth-order valence-electron chi connectivity index (χ4n) is 4.49. The standard InChI is InChI=1S/C23H28N2O7S/c1-30-19-6-4-3-5-14(19)12-24-22(27)11-16-10-18-17-9-15(25-33(2,28)29)7-8-20(17)32-23(18)21(13-26)31-16/h3-9,16,18,21,23,25-26H,10-13H2,1-2H3,(H,24,27)/t16-,18+,21+,23-/m1/s1. The van der Waals surface area contributed by atoms with E-state index in [0.717, 1.165) is 17.4 Å². The van der Waals surface area contributed by atoms with Gasteiger partial charge in [-0.2, -0.15) is 0 Å². The Kier molecular flexibility index (Phi) is 6.78. The quantitative estimate of drug-likeness (QED) is 0.531. The van der Waals surface area contributed by atoms with Crippen LogP contribution in [-0.2, 0) is 26.1 Å². The number of carbonyl (C=O) groups is 1. The molecule has 4 rings (SSSR count). The van der Waals surface area contributed by atoms with Crippen LogP contribution < -0.4 is 19.5 Å². The number of rotatable bonds is 8. The average molecular weight is 477 g/mol. The largest absolute Gasteiger partial charge is 0.496 e. The summed E-state index contributed by atoms with van der Waals surface area (Å²) in [6.07, 6.45) is 0.336. The van der Waals surface area contributed by atoms with Gasteiger partial charge in [-0.25, -0.2) is 8.42 Å². The number of sulfonamides is 1. The van der Waals surface area contributed by atoms with Gasteiger partial charge in [0.2, 0.25) is 15.9 Å². The first kappa shape index (κ1) is 23.3. The van der Waals surface area contributed by atoms with Crippen molar-refractivity contribution < 1.29 is 32.5 Å². The second kappa shape index (κ2) is 9.58. The number of aliphatic hydroxyl groups is 1. The molecule has 2 aliphatic heterocycles. The van der Waals surface area contributed by atoms with Crippen LogP contribution in [0.4, 0.5) is 5.69 Å². The average Bonchev–Trinajstić information content (AvgIpc) is 3.14. The number of carbonyl (C=O) groups excluding carboxylic acids is 1. The molecule has 2 heterocycles. The van der Waals surface area contributed by atoms with E-state index in [1.165, 1.54) is 0 Å². The second-order valence-electron chi connectivity index (χ2n) is 8.32. The Bertz CT molecular complexity index is 1120. The monoisotopic (exact) mass is 476 g/mol. The molecule has 2 aromatic rings. The van der Waals surface area contributed by atoms with Gasteiger partial charge in [0.15, 0.2) is 0 Å². The molecule has 0 aliphatic carbocycles. The molecule has 9 nitrogen and oxygen atoms in total. The predicted octanol–water partition coefficient (Wildman–Crippen LogP) is 1.77. The first-order chi connectivity index (χ1) is 15.8. The zero-order chi connectivity index (χ0) is 23.6. The number of amides is 1. The van der Waals surface area contributed by atoms with Crippen LogP contribution in [0.2, 0.25) is 0 Å². The highest BCUT2D eigenvalue weighted by Crippen LogP contribution is 2.47. The van der Waals surface area contributed by atoms with Crippen molar-refractivity contribution in [1.82, 2.24) is 5.32 Å². The zero-order valence-corrected chi connectivity index (χ0v) is 19.3. The molecule has 2 aromatic carbocycles. The topological polar surface area (TPSA) is 123 Å². The summed E-state index contributed by atoms with van der Waals surface area (Å²) in [6.45, 7) is 0.0838. The maximum Gasteiger partial charge on any atom is 0.229 e. The van der Waals surface area contributed by atoms with E-state index < -0.39 is 28.3 Å². The van der Waals surface area contributed by atoms with E-state index in [0.29, 0.717) is 30.2 Å². The van der Waals surface area contributed by atoms with Gasteiger partial charge < -0.3 is 24.6 Å². The molecule has 0 radical (unpaired) electrons. The Labute approximate surface area is 193 Å². The van der Waals surface area contributed by atoms with Crippen LogP contribution in [0.3, 0.4) is 0 Å². The van der Waals surface area contributed by atoms with E-state index in [4.69, 9.17) is 14.2 Å². The Balaban J connectivity index is 1.44. The van der Waals surface area contributed by atoms with Gasteiger partial charge in [-0.05, 0) is 30.7 Å². The molecule has 2 aliphatic rings. The maximum atomic E-state index is 12.6. The summed E-state index contributed by atoms with van der Waals surface area (Å²) in [5.74, 6) is 1.03. The molecule has 0 saturated carbocycles. The van der Waals surface area contributed by atoms with Gasteiger partial charge in [-0.15, -0.1) is 0 Å². The van der Waals surface area contributed by atoms with E-state index in [9.17, 15) is 18.3 Å². The van der Waals surface area contributed by atoms with E-state index >= 15 is 0 Å². The number of hydrogen-bond donors (Lipinski definition) is 3. The Morgan fingerprint density at radius 1 is 1.24 bits per heavy atom. The lowest BCUT2D eigenvalue weighted by atomic mass is 9.84. The molecule has 1 saturated heterocycles. The van der Waals surface area contributed by atoms with Gasteiger partial charge in [0.05, 0.1) is 32.5 Å². The van der Waals surface area contributed by atoms with Crippen molar-refractivity contribution in [2.24, 2.45) is 0 Å². The molecule has 0 bridgehead atoms. The van der Waals surface area contributed by atoms with Crippen molar-refractivity contribution in [3.8, 4) is 11.5 Å². The Morgan fingerprint density at radius 2 is 2.03 bits per heavy atom. The van der Waals surface area contributed by atoms with Crippen molar-refractivity contribution in [3.05, 3.63) is 53.6 Å². The van der Waals surface area contributed by atoms with Gasteiger partial charge in [0.1, 0.15) is 23.7 Å². The van der Waals surface area contributed by atoms with Crippen molar-refractivity contribution in [1.29, 1.82) is 0 Å². The van der Waals surface area contributed by atoms with E-state index in [1.807, 2.05) is 24.3 Å². The van der Waals surface area contributed by atoms with Gasteiger partial charge in [0, 0.05) is 29.3 Å². The molecule has 0 unspecified atom stereocenters. The Hall–Kier alpha value is -2.82. The van der Waals surface area contributed by atoms with E-state index in [2.05, 4.69) is 10.0 Å².